The zero-order chi connectivity index (χ0) is 20.7. The van der Waals surface area contributed by atoms with Crippen LogP contribution in [0, 0.1) is 0 Å². The zero-order valence-corrected chi connectivity index (χ0v) is 17.2. The van der Waals surface area contributed by atoms with E-state index in [0.717, 1.165) is 16.5 Å². The topological polar surface area (TPSA) is 76.3 Å². The van der Waals surface area contributed by atoms with Crippen LogP contribution in [0.15, 0.2) is 51.7 Å². The fourth-order valence-electron chi connectivity index (χ4n) is 3.52. The van der Waals surface area contributed by atoms with Crippen molar-refractivity contribution in [2.75, 3.05) is 22.5 Å². The van der Waals surface area contributed by atoms with Crippen LogP contribution in [0.2, 0.25) is 0 Å². The predicted octanol–water partition coefficient (Wildman–Crippen LogP) is 2.24. The Morgan fingerprint density at radius 3 is 2.76 bits per heavy atom. The van der Waals surface area contributed by atoms with Gasteiger partial charge >= 0.3 is 5.69 Å². The summed E-state index contributed by atoms with van der Waals surface area (Å²) in [5, 5.41) is 8.98. The molecule has 4 rings (SSSR count). The first kappa shape index (κ1) is 19.2. The van der Waals surface area contributed by atoms with Gasteiger partial charge in [-0.1, -0.05) is 29.8 Å². The summed E-state index contributed by atoms with van der Waals surface area (Å²) in [6.45, 7) is 4.96. The lowest BCUT2D eigenvalue weighted by atomic mass is 10.1. The number of aromatic nitrogens is 4. The second-order valence-corrected chi connectivity index (χ2v) is 7.71. The minimum absolute atomic E-state index is 0.105. The van der Waals surface area contributed by atoms with E-state index in [-0.39, 0.29) is 12.1 Å². The van der Waals surface area contributed by atoms with E-state index < -0.39 is 5.69 Å². The summed E-state index contributed by atoms with van der Waals surface area (Å²) in [5.74, 6) is 0.415. The van der Waals surface area contributed by atoms with Crippen molar-refractivity contribution in [1.82, 2.24) is 19.3 Å². The normalized spacial score (nSPS) is 13.1. The summed E-state index contributed by atoms with van der Waals surface area (Å²) in [6.07, 6.45) is 3.62. The summed E-state index contributed by atoms with van der Waals surface area (Å²) in [5.41, 5.74) is 2.24. The van der Waals surface area contributed by atoms with Crippen LogP contribution in [0.4, 0.5) is 11.5 Å². The molecule has 150 valence electrons. The maximum Gasteiger partial charge on any atom is 0.332 e. The van der Waals surface area contributed by atoms with E-state index in [1.165, 1.54) is 13.6 Å². The van der Waals surface area contributed by atoms with Crippen LogP contribution in [-0.2, 0) is 13.6 Å². The molecule has 0 amide bonds. The van der Waals surface area contributed by atoms with E-state index in [1.807, 2.05) is 49.1 Å². The number of benzene rings is 1. The van der Waals surface area contributed by atoms with Crippen LogP contribution in [0.25, 0.3) is 10.9 Å². The minimum Gasteiger partial charge on any atom is -0.341 e. The summed E-state index contributed by atoms with van der Waals surface area (Å²) >= 11 is 6.34. The molecule has 3 aromatic rings. The van der Waals surface area contributed by atoms with E-state index >= 15 is 0 Å². The number of halogens is 1. The molecule has 0 spiro atoms. The molecule has 0 radical (unpaired) electrons. The molecule has 0 unspecified atom stereocenters. The molecule has 2 aromatic heterocycles. The highest BCUT2D eigenvalue weighted by molar-refractivity contribution is 6.27. The number of anilines is 2. The van der Waals surface area contributed by atoms with Gasteiger partial charge in [0.1, 0.15) is 12.4 Å². The van der Waals surface area contributed by atoms with Gasteiger partial charge in [0, 0.05) is 36.3 Å². The van der Waals surface area contributed by atoms with Crippen LogP contribution in [0.1, 0.15) is 19.4 Å². The molecule has 0 saturated carbocycles. The Kier molecular flexibility index (Phi) is 4.87. The van der Waals surface area contributed by atoms with Crippen molar-refractivity contribution in [1.29, 1.82) is 0 Å². The lowest BCUT2D eigenvalue weighted by molar-refractivity contribution is 0.646. The Balaban J connectivity index is 1.86. The molecule has 3 heterocycles. The van der Waals surface area contributed by atoms with E-state index in [9.17, 15) is 9.59 Å². The number of hydrogen-bond donors (Lipinski definition) is 0. The van der Waals surface area contributed by atoms with E-state index in [4.69, 9.17) is 11.8 Å². The van der Waals surface area contributed by atoms with Gasteiger partial charge in [-0.25, -0.2) is 9.21 Å². The van der Waals surface area contributed by atoms with Crippen LogP contribution in [0.5, 0.6) is 0 Å². The fourth-order valence-corrected chi connectivity index (χ4v) is 3.85. The third-order valence-electron chi connectivity index (χ3n) is 5.01. The Hall–Kier alpha value is -3.13. The average molecular weight is 413 g/mol. The lowest BCUT2D eigenvalue weighted by Crippen LogP contribution is -2.41. The van der Waals surface area contributed by atoms with E-state index in [1.54, 1.807) is 13.2 Å². The summed E-state index contributed by atoms with van der Waals surface area (Å²) < 4.78 is 4.06. The van der Waals surface area contributed by atoms with Gasteiger partial charge in [0.05, 0.1) is 18.3 Å². The molecule has 1 aliphatic rings. The SMILES string of the molecule is CC(C)=CCN1CN(Cl)c2c1c(=O)n(Cc1cnnc3ccccc13)c(=O)n2C. The molecular weight excluding hydrogens is 392 g/mol. The summed E-state index contributed by atoms with van der Waals surface area (Å²) in [6, 6.07) is 7.52. The Labute approximate surface area is 172 Å². The van der Waals surface area contributed by atoms with Crippen molar-refractivity contribution in [2.24, 2.45) is 7.05 Å². The van der Waals surface area contributed by atoms with Gasteiger partial charge in [0.15, 0.2) is 5.82 Å². The molecule has 0 aliphatic carbocycles. The standard InChI is InChI=1S/C20H21ClN6O2/c1-13(2)8-9-25-12-27(21)18-17(25)19(28)26(20(29)24(18)3)11-14-10-22-23-16-7-5-4-6-15(14)16/h4-8,10H,9,11-12H2,1-3H3. The van der Waals surface area contributed by atoms with Crippen LogP contribution < -0.4 is 20.6 Å². The highest BCUT2D eigenvalue weighted by Gasteiger charge is 2.32. The molecule has 0 N–H and O–H groups in total. The molecule has 29 heavy (non-hydrogen) atoms. The third kappa shape index (κ3) is 3.29. The molecule has 8 nitrogen and oxygen atoms in total. The molecule has 1 aliphatic heterocycles. The smallest absolute Gasteiger partial charge is 0.332 e. The van der Waals surface area contributed by atoms with Gasteiger partial charge in [-0.2, -0.15) is 10.2 Å². The highest BCUT2D eigenvalue weighted by atomic mass is 35.5. The van der Waals surface area contributed by atoms with E-state index in [0.29, 0.717) is 30.2 Å². The molecule has 0 saturated heterocycles. The predicted molar refractivity (Wildman–Crippen MR) is 115 cm³/mol. The molecule has 0 bridgehead atoms. The third-order valence-corrected chi connectivity index (χ3v) is 5.28. The first-order chi connectivity index (χ1) is 13.9. The monoisotopic (exact) mass is 412 g/mol. The molecule has 0 atom stereocenters. The van der Waals surface area contributed by atoms with Crippen molar-refractivity contribution >= 4 is 34.2 Å². The van der Waals surface area contributed by atoms with Gasteiger partial charge in [-0.05, 0) is 19.9 Å². The molecule has 0 fully saturated rings. The first-order valence-electron chi connectivity index (χ1n) is 9.23. The van der Waals surface area contributed by atoms with Crippen LogP contribution in [-0.4, -0.2) is 32.5 Å². The second kappa shape index (κ2) is 7.36. The Morgan fingerprint density at radius 2 is 2.00 bits per heavy atom. The number of nitrogens with zero attached hydrogens (tertiary/aromatic N) is 6. The molecular formula is C20H21ClN6O2. The summed E-state index contributed by atoms with van der Waals surface area (Å²) in [7, 11) is 1.62. The fraction of sp³-hybridized carbons (Fsp3) is 0.300. The second-order valence-electron chi connectivity index (χ2n) is 7.30. The van der Waals surface area contributed by atoms with Crippen molar-refractivity contribution in [3.05, 3.63) is 68.5 Å². The van der Waals surface area contributed by atoms with Crippen molar-refractivity contribution < 1.29 is 0 Å². The zero-order valence-electron chi connectivity index (χ0n) is 16.5. The molecule has 9 heteroatoms. The van der Waals surface area contributed by atoms with Gasteiger partial charge < -0.3 is 4.90 Å². The summed E-state index contributed by atoms with van der Waals surface area (Å²) in [4.78, 5) is 28.2. The van der Waals surface area contributed by atoms with Gasteiger partial charge in [0.2, 0.25) is 0 Å². The average Bonchev–Trinajstić information content (AvgIpc) is 3.04. The largest absolute Gasteiger partial charge is 0.341 e. The Bertz CT molecular complexity index is 1240. The quantitative estimate of drug-likeness (QED) is 0.483. The number of fused-ring (bicyclic) bond motifs is 2. The maximum absolute atomic E-state index is 13.3. The van der Waals surface area contributed by atoms with Crippen LogP contribution in [0.3, 0.4) is 0 Å². The van der Waals surface area contributed by atoms with Gasteiger partial charge in [-0.3, -0.25) is 13.9 Å². The van der Waals surface area contributed by atoms with Gasteiger partial charge in [0.25, 0.3) is 5.56 Å². The van der Waals surface area contributed by atoms with Gasteiger partial charge in [-0.15, -0.1) is 0 Å². The number of allylic oxidation sites excluding steroid dienone is 1. The maximum atomic E-state index is 13.3. The lowest BCUT2D eigenvalue weighted by Gasteiger charge is -2.17. The number of rotatable bonds is 4. The molecule has 1 aromatic carbocycles. The van der Waals surface area contributed by atoms with Crippen molar-refractivity contribution in [3.63, 3.8) is 0 Å². The Morgan fingerprint density at radius 1 is 1.24 bits per heavy atom. The first-order valence-corrected chi connectivity index (χ1v) is 9.57. The van der Waals surface area contributed by atoms with Crippen LogP contribution >= 0.6 is 11.8 Å². The van der Waals surface area contributed by atoms with Crippen molar-refractivity contribution in [3.8, 4) is 0 Å². The van der Waals surface area contributed by atoms with E-state index in [2.05, 4.69) is 10.2 Å². The highest BCUT2D eigenvalue weighted by Crippen LogP contribution is 2.32. The van der Waals surface area contributed by atoms with Crippen molar-refractivity contribution in [2.45, 2.75) is 20.4 Å². The number of hydrogen-bond acceptors (Lipinski definition) is 6. The minimum atomic E-state index is -0.427.